The van der Waals surface area contributed by atoms with Gasteiger partial charge in [0.05, 0.1) is 16.7 Å². The Hall–Kier alpha value is -6.38. The molecule has 226 valence electrons. The molecule has 0 bridgehead atoms. The molecule has 0 spiro atoms. The largest absolute Gasteiger partial charge is 0.356 e. The topological polar surface area (TPSA) is 17.0 Å². The van der Waals surface area contributed by atoms with Crippen LogP contribution in [-0.4, -0.2) is 4.57 Å². The lowest BCUT2D eigenvalue weighted by atomic mass is 9.95. The van der Waals surface area contributed by atoms with Crippen LogP contribution in [0.15, 0.2) is 188 Å². The molecule has 9 rings (SSSR count). The minimum absolute atomic E-state index is 1.05. The molecular formula is C46H32N2. The number of para-hydroxylation sites is 3. The average molecular weight is 613 g/mol. The highest BCUT2D eigenvalue weighted by Crippen LogP contribution is 2.37. The average Bonchev–Trinajstić information content (AvgIpc) is 3.50. The smallest absolute Gasteiger partial charge is 0.0541 e. The summed E-state index contributed by atoms with van der Waals surface area (Å²) in [5.41, 5.74) is 13.0. The van der Waals surface area contributed by atoms with Gasteiger partial charge in [0.25, 0.3) is 0 Å². The monoisotopic (exact) mass is 612 g/mol. The number of fused-ring (bicyclic) bond motifs is 4. The second-order valence-electron chi connectivity index (χ2n) is 12.3. The molecule has 1 N–H and O–H groups in total. The van der Waals surface area contributed by atoms with E-state index in [0.717, 1.165) is 11.4 Å². The van der Waals surface area contributed by atoms with Gasteiger partial charge in [0.15, 0.2) is 0 Å². The Bertz CT molecular complexity index is 2510. The Morgan fingerprint density at radius 2 is 0.854 bits per heavy atom. The van der Waals surface area contributed by atoms with E-state index < -0.39 is 0 Å². The fraction of sp³-hybridized carbons (Fsp3) is 0. The van der Waals surface area contributed by atoms with Crippen LogP contribution in [0.5, 0.6) is 0 Å². The Labute approximate surface area is 280 Å². The fourth-order valence-electron chi connectivity index (χ4n) is 7.08. The summed E-state index contributed by atoms with van der Waals surface area (Å²) in [4.78, 5) is 0. The van der Waals surface area contributed by atoms with Crippen molar-refractivity contribution in [3.8, 4) is 39.1 Å². The number of aromatic nitrogens is 1. The molecule has 0 amide bonds. The van der Waals surface area contributed by atoms with Crippen LogP contribution in [0, 0.1) is 0 Å². The van der Waals surface area contributed by atoms with Crippen LogP contribution in [0.3, 0.4) is 0 Å². The maximum Gasteiger partial charge on any atom is 0.0541 e. The van der Waals surface area contributed by atoms with Crippen molar-refractivity contribution in [1.82, 2.24) is 4.57 Å². The molecular weight excluding hydrogens is 581 g/mol. The van der Waals surface area contributed by atoms with Crippen molar-refractivity contribution in [2.45, 2.75) is 0 Å². The SMILES string of the molecule is c1cc(-c2ccc(Nc3ccc(-c4ccccc4-n4c5ccccc5c5ccccc54)cc3)cc2)cc(-c2cccc3ccccc23)c1. The van der Waals surface area contributed by atoms with Crippen molar-refractivity contribution in [1.29, 1.82) is 0 Å². The van der Waals surface area contributed by atoms with Crippen LogP contribution < -0.4 is 5.32 Å². The summed E-state index contributed by atoms with van der Waals surface area (Å²) in [5.74, 6) is 0. The molecule has 0 saturated heterocycles. The Kier molecular flexibility index (Phi) is 6.84. The van der Waals surface area contributed by atoms with E-state index in [1.807, 2.05) is 0 Å². The van der Waals surface area contributed by atoms with Crippen molar-refractivity contribution in [3.05, 3.63) is 188 Å². The van der Waals surface area contributed by atoms with Crippen LogP contribution in [0.2, 0.25) is 0 Å². The first-order valence-corrected chi connectivity index (χ1v) is 16.4. The van der Waals surface area contributed by atoms with Gasteiger partial charge < -0.3 is 9.88 Å². The Balaban J connectivity index is 0.981. The first-order chi connectivity index (χ1) is 23.8. The molecule has 0 aliphatic heterocycles. The molecule has 0 aliphatic rings. The Morgan fingerprint density at radius 3 is 1.58 bits per heavy atom. The first-order valence-electron chi connectivity index (χ1n) is 16.4. The van der Waals surface area contributed by atoms with E-state index in [0.29, 0.717) is 0 Å². The van der Waals surface area contributed by atoms with E-state index >= 15 is 0 Å². The predicted octanol–water partition coefficient (Wildman–Crippen LogP) is 12.7. The highest BCUT2D eigenvalue weighted by atomic mass is 15.0. The molecule has 1 aromatic heterocycles. The third-order valence-corrected chi connectivity index (χ3v) is 9.39. The van der Waals surface area contributed by atoms with Crippen LogP contribution in [0.4, 0.5) is 11.4 Å². The predicted molar refractivity (Wildman–Crippen MR) is 204 cm³/mol. The molecule has 0 aliphatic carbocycles. The van der Waals surface area contributed by atoms with Gasteiger partial charge in [-0.05, 0) is 87.1 Å². The number of hydrogen-bond acceptors (Lipinski definition) is 1. The molecule has 2 heteroatoms. The summed E-state index contributed by atoms with van der Waals surface area (Å²) in [6.07, 6.45) is 0. The number of hydrogen-bond donors (Lipinski definition) is 1. The maximum atomic E-state index is 3.60. The lowest BCUT2D eigenvalue weighted by molar-refractivity contribution is 1.18. The van der Waals surface area contributed by atoms with E-state index in [9.17, 15) is 0 Å². The number of anilines is 2. The molecule has 1 heterocycles. The van der Waals surface area contributed by atoms with Crippen molar-refractivity contribution in [3.63, 3.8) is 0 Å². The fourth-order valence-corrected chi connectivity index (χ4v) is 7.08. The summed E-state index contributed by atoms with van der Waals surface area (Å²) in [7, 11) is 0. The van der Waals surface area contributed by atoms with E-state index in [-0.39, 0.29) is 0 Å². The lowest BCUT2D eigenvalue weighted by Gasteiger charge is -2.15. The van der Waals surface area contributed by atoms with Gasteiger partial charge >= 0.3 is 0 Å². The quantitative estimate of drug-likeness (QED) is 0.198. The molecule has 0 atom stereocenters. The standard InChI is InChI=1S/C46H32N2/c1-2-15-39-33(11-1)12-10-19-40(39)36-14-9-13-35(31-36)32-23-27-37(28-24-32)47-38-29-25-34(26-30-38)41-16-3-6-20-44(41)48-45-21-7-4-17-42(45)43-18-5-8-22-46(43)48/h1-31,47H. The minimum Gasteiger partial charge on any atom is -0.356 e. The van der Waals surface area contributed by atoms with Gasteiger partial charge in [-0.2, -0.15) is 0 Å². The van der Waals surface area contributed by atoms with Crippen molar-refractivity contribution >= 4 is 44.0 Å². The number of rotatable bonds is 6. The van der Waals surface area contributed by atoms with Gasteiger partial charge in [-0.1, -0.05) is 140 Å². The number of benzene rings is 8. The van der Waals surface area contributed by atoms with Gasteiger partial charge in [-0.15, -0.1) is 0 Å². The van der Waals surface area contributed by atoms with E-state index in [1.165, 1.54) is 71.6 Å². The second kappa shape index (κ2) is 11.8. The van der Waals surface area contributed by atoms with Crippen LogP contribution in [0.1, 0.15) is 0 Å². The first kappa shape index (κ1) is 27.9. The van der Waals surface area contributed by atoms with Gasteiger partial charge in [0, 0.05) is 27.7 Å². The third-order valence-electron chi connectivity index (χ3n) is 9.39. The van der Waals surface area contributed by atoms with Crippen molar-refractivity contribution in [2.24, 2.45) is 0 Å². The van der Waals surface area contributed by atoms with E-state index in [4.69, 9.17) is 0 Å². The third kappa shape index (κ3) is 4.92. The zero-order chi connectivity index (χ0) is 31.9. The molecule has 2 nitrogen and oxygen atoms in total. The van der Waals surface area contributed by atoms with Crippen molar-refractivity contribution in [2.75, 3.05) is 5.32 Å². The molecule has 8 aromatic carbocycles. The summed E-state index contributed by atoms with van der Waals surface area (Å²) >= 11 is 0. The van der Waals surface area contributed by atoms with Crippen LogP contribution >= 0.6 is 0 Å². The zero-order valence-electron chi connectivity index (χ0n) is 26.3. The van der Waals surface area contributed by atoms with Gasteiger partial charge in [0.1, 0.15) is 0 Å². The summed E-state index contributed by atoms with van der Waals surface area (Å²) in [5, 5.41) is 8.68. The molecule has 0 unspecified atom stereocenters. The molecule has 0 radical (unpaired) electrons. The van der Waals surface area contributed by atoms with E-state index in [1.54, 1.807) is 0 Å². The second-order valence-corrected chi connectivity index (χ2v) is 12.3. The minimum atomic E-state index is 1.05. The van der Waals surface area contributed by atoms with Gasteiger partial charge in [0.2, 0.25) is 0 Å². The van der Waals surface area contributed by atoms with Gasteiger partial charge in [-0.25, -0.2) is 0 Å². The number of nitrogens with zero attached hydrogens (tertiary/aromatic N) is 1. The zero-order valence-corrected chi connectivity index (χ0v) is 26.3. The van der Waals surface area contributed by atoms with Crippen LogP contribution in [0.25, 0.3) is 71.6 Å². The van der Waals surface area contributed by atoms with Crippen molar-refractivity contribution < 1.29 is 0 Å². The molecule has 0 saturated carbocycles. The highest BCUT2D eigenvalue weighted by Gasteiger charge is 2.15. The van der Waals surface area contributed by atoms with Crippen LogP contribution in [-0.2, 0) is 0 Å². The summed E-state index contributed by atoms with van der Waals surface area (Å²) < 4.78 is 2.39. The molecule has 9 aromatic rings. The number of nitrogens with one attached hydrogen (secondary N) is 1. The summed E-state index contributed by atoms with van der Waals surface area (Å²) in [6.45, 7) is 0. The maximum absolute atomic E-state index is 3.60. The normalized spacial score (nSPS) is 11.3. The Morgan fingerprint density at radius 1 is 0.333 bits per heavy atom. The lowest BCUT2D eigenvalue weighted by Crippen LogP contribution is -1.97. The van der Waals surface area contributed by atoms with E-state index in [2.05, 4.69) is 198 Å². The summed E-state index contributed by atoms with van der Waals surface area (Å²) in [6, 6.07) is 67.4. The van der Waals surface area contributed by atoms with Gasteiger partial charge in [-0.3, -0.25) is 0 Å². The highest BCUT2D eigenvalue weighted by molar-refractivity contribution is 6.09. The molecule has 48 heavy (non-hydrogen) atoms. The molecule has 0 fully saturated rings.